The Balaban J connectivity index is 1.37. The number of aromatic nitrogens is 1. The molecule has 4 rings (SSSR count). The molecule has 2 saturated heterocycles. The number of likely N-dealkylation sites (N-methyl/N-ethyl adjacent to an activating group) is 1. The Morgan fingerprint density at radius 3 is 2.65 bits per heavy atom. The lowest BCUT2D eigenvalue weighted by molar-refractivity contribution is -0.127. The second-order valence-corrected chi connectivity index (χ2v) is 9.45. The molecule has 0 radical (unpaired) electrons. The SMILES string of the molecule is CCN1CCN(c2cc(C)c3cc(CC(=S)CCCN4CCCC4=O)ccc3n2)CC1. The van der Waals surface area contributed by atoms with E-state index in [1.807, 2.05) is 4.90 Å². The zero-order chi connectivity index (χ0) is 21.8. The number of anilines is 1. The number of nitrogens with zero attached hydrogens (tertiary/aromatic N) is 4. The molecule has 1 amide bonds. The van der Waals surface area contributed by atoms with Crippen molar-refractivity contribution in [3.8, 4) is 0 Å². The number of hydrogen-bond donors (Lipinski definition) is 0. The molecule has 0 N–H and O–H groups in total. The number of carbonyl (C=O) groups excluding carboxylic acids is 1. The summed E-state index contributed by atoms with van der Waals surface area (Å²) in [5.41, 5.74) is 3.59. The van der Waals surface area contributed by atoms with E-state index in [4.69, 9.17) is 17.2 Å². The normalized spacial score (nSPS) is 17.7. The number of likely N-dealkylation sites (tertiary alicyclic amines) is 1. The summed E-state index contributed by atoms with van der Waals surface area (Å²) in [6, 6.07) is 8.81. The zero-order valence-electron chi connectivity index (χ0n) is 18.9. The third kappa shape index (κ3) is 5.42. The van der Waals surface area contributed by atoms with Crippen LogP contribution in [0, 0.1) is 6.92 Å². The van der Waals surface area contributed by atoms with Crippen LogP contribution in [-0.4, -0.2) is 71.4 Å². The molecule has 2 aromatic rings. The first-order chi connectivity index (χ1) is 15.0. The standard InChI is InChI=1S/C25H34N4OS/c1-3-27-12-14-28(15-13-27)24-16-19(2)22-18-20(8-9-23(22)26-24)17-21(31)6-4-10-29-11-5-7-25(29)30/h8-9,16,18H,3-7,10-15,17H2,1-2H3. The van der Waals surface area contributed by atoms with Crippen molar-refractivity contribution < 1.29 is 4.79 Å². The van der Waals surface area contributed by atoms with Crippen LogP contribution in [0.15, 0.2) is 24.3 Å². The summed E-state index contributed by atoms with van der Waals surface area (Å²) in [4.78, 5) is 24.7. The van der Waals surface area contributed by atoms with Crippen molar-refractivity contribution in [3.63, 3.8) is 0 Å². The monoisotopic (exact) mass is 438 g/mol. The number of aryl methyl sites for hydroxylation is 1. The van der Waals surface area contributed by atoms with Crippen LogP contribution in [0.5, 0.6) is 0 Å². The number of carbonyl (C=O) groups is 1. The Labute approximate surface area is 191 Å². The maximum Gasteiger partial charge on any atom is 0.222 e. The van der Waals surface area contributed by atoms with Crippen LogP contribution in [-0.2, 0) is 11.2 Å². The van der Waals surface area contributed by atoms with Crippen molar-refractivity contribution in [2.75, 3.05) is 50.7 Å². The number of amides is 1. The van der Waals surface area contributed by atoms with Gasteiger partial charge in [-0.15, -0.1) is 0 Å². The van der Waals surface area contributed by atoms with E-state index in [0.717, 1.165) is 87.7 Å². The molecule has 0 unspecified atom stereocenters. The fourth-order valence-corrected chi connectivity index (χ4v) is 5.02. The molecule has 2 aliphatic rings. The highest BCUT2D eigenvalue weighted by Crippen LogP contribution is 2.25. The zero-order valence-corrected chi connectivity index (χ0v) is 19.7. The highest BCUT2D eigenvalue weighted by molar-refractivity contribution is 7.80. The number of fused-ring (bicyclic) bond motifs is 1. The van der Waals surface area contributed by atoms with Crippen LogP contribution in [0.3, 0.4) is 0 Å². The number of hydrogen-bond acceptors (Lipinski definition) is 5. The van der Waals surface area contributed by atoms with E-state index in [1.54, 1.807) is 0 Å². The number of piperazine rings is 1. The Bertz CT molecular complexity index is 952. The number of pyridine rings is 1. The predicted octanol–water partition coefficient (Wildman–Crippen LogP) is 4.00. The lowest BCUT2D eigenvalue weighted by atomic mass is 10.0. The molecule has 0 aliphatic carbocycles. The first kappa shape index (κ1) is 22.2. The van der Waals surface area contributed by atoms with Crippen molar-refractivity contribution in [3.05, 3.63) is 35.4 Å². The van der Waals surface area contributed by atoms with Gasteiger partial charge in [-0.2, -0.15) is 0 Å². The summed E-state index contributed by atoms with van der Waals surface area (Å²) in [6.45, 7) is 11.6. The van der Waals surface area contributed by atoms with Crippen LogP contribution in [0.4, 0.5) is 5.82 Å². The van der Waals surface area contributed by atoms with Crippen molar-refractivity contribution in [2.24, 2.45) is 0 Å². The molecule has 1 aromatic carbocycles. The molecule has 2 aliphatic heterocycles. The molecule has 2 fully saturated rings. The minimum Gasteiger partial charge on any atom is -0.354 e. The lowest BCUT2D eigenvalue weighted by Gasteiger charge is -2.35. The van der Waals surface area contributed by atoms with Crippen LogP contribution in [0.1, 0.15) is 43.7 Å². The summed E-state index contributed by atoms with van der Waals surface area (Å²) in [5, 5.41) is 1.22. The van der Waals surface area contributed by atoms with Gasteiger partial charge in [-0.1, -0.05) is 25.2 Å². The summed E-state index contributed by atoms with van der Waals surface area (Å²) < 4.78 is 0. The largest absolute Gasteiger partial charge is 0.354 e. The third-order valence-corrected chi connectivity index (χ3v) is 7.01. The van der Waals surface area contributed by atoms with Crippen LogP contribution in [0.2, 0.25) is 0 Å². The van der Waals surface area contributed by atoms with Gasteiger partial charge < -0.3 is 14.7 Å². The van der Waals surface area contributed by atoms with E-state index in [2.05, 4.69) is 47.9 Å². The second-order valence-electron chi connectivity index (χ2n) is 8.87. The van der Waals surface area contributed by atoms with Gasteiger partial charge >= 0.3 is 0 Å². The van der Waals surface area contributed by atoms with E-state index in [9.17, 15) is 4.79 Å². The fraction of sp³-hybridized carbons (Fsp3) is 0.560. The van der Waals surface area contributed by atoms with Gasteiger partial charge in [0.05, 0.1) is 5.52 Å². The fourth-order valence-electron chi connectivity index (χ4n) is 4.71. The van der Waals surface area contributed by atoms with Crippen molar-refractivity contribution in [1.29, 1.82) is 0 Å². The number of rotatable bonds is 8. The van der Waals surface area contributed by atoms with Gasteiger partial charge in [0.25, 0.3) is 0 Å². The first-order valence-corrected chi connectivity index (χ1v) is 12.1. The van der Waals surface area contributed by atoms with E-state index < -0.39 is 0 Å². The van der Waals surface area contributed by atoms with Gasteiger partial charge in [0.15, 0.2) is 0 Å². The van der Waals surface area contributed by atoms with Gasteiger partial charge in [-0.25, -0.2) is 4.98 Å². The average Bonchev–Trinajstić information content (AvgIpc) is 3.18. The van der Waals surface area contributed by atoms with Crippen molar-refractivity contribution in [1.82, 2.24) is 14.8 Å². The minimum absolute atomic E-state index is 0.301. The molecule has 166 valence electrons. The van der Waals surface area contributed by atoms with Crippen LogP contribution >= 0.6 is 12.2 Å². The van der Waals surface area contributed by atoms with Crippen LogP contribution in [0.25, 0.3) is 10.9 Å². The molecular formula is C25H34N4OS. The predicted molar refractivity (Wildman–Crippen MR) is 132 cm³/mol. The third-order valence-electron chi connectivity index (χ3n) is 6.67. The van der Waals surface area contributed by atoms with Gasteiger partial charge in [0.2, 0.25) is 5.91 Å². The van der Waals surface area contributed by atoms with E-state index in [1.165, 1.54) is 16.5 Å². The minimum atomic E-state index is 0.301. The van der Waals surface area contributed by atoms with Gasteiger partial charge in [-0.05, 0) is 66.9 Å². The molecule has 3 heterocycles. The number of benzene rings is 1. The summed E-state index contributed by atoms with van der Waals surface area (Å²) in [7, 11) is 0. The van der Waals surface area contributed by atoms with Crippen molar-refractivity contribution >= 4 is 39.7 Å². The smallest absolute Gasteiger partial charge is 0.222 e. The lowest BCUT2D eigenvalue weighted by Crippen LogP contribution is -2.46. The Kier molecular flexibility index (Phi) is 7.18. The Hall–Kier alpha value is -2.05. The molecule has 6 heteroatoms. The molecule has 1 aromatic heterocycles. The average molecular weight is 439 g/mol. The highest BCUT2D eigenvalue weighted by atomic mass is 32.1. The van der Waals surface area contributed by atoms with E-state index in [-0.39, 0.29) is 0 Å². The van der Waals surface area contributed by atoms with Gasteiger partial charge in [0.1, 0.15) is 5.82 Å². The van der Waals surface area contributed by atoms with E-state index >= 15 is 0 Å². The number of thiocarbonyl (C=S) groups is 1. The second kappa shape index (κ2) is 10.0. The molecule has 31 heavy (non-hydrogen) atoms. The van der Waals surface area contributed by atoms with Crippen LogP contribution < -0.4 is 4.90 Å². The van der Waals surface area contributed by atoms with Gasteiger partial charge in [-0.3, -0.25) is 4.79 Å². The Morgan fingerprint density at radius 2 is 1.94 bits per heavy atom. The molecule has 0 bridgehead atoms. The topological polar surface area (TPSA) is 39.7 Å². The molecule has 5 nitrogen and oxygen atoms in total. The molecule has 0 atom stereocenters. The molecule has 0 spiro atoms. The van der Waals surface area contributed by atoms with Crippen molar-refractivity contribution in [2.45, 2.75) is 46.0 Å². The summed E-state index contributed by atoms with van der Waals surface area (Å²) >= 11 is 5.66. The highest BCUT2D eigenvalue weighted by Gasteiger charge is 2.20. The summed E-state index contributed by atoms with van der Waals surface area (Å²) in [5.74, 6) is 1.40. The quantitative estimate of drug-likeness (QED) is 0.583. The maximum absolute atomic E-state index is 11.7. The van der Waals surface area contributed by atoms with E-state index in [0.29, 0.717) is 12.3 Å². The molecule has 0 saturated carbocycles. The molecular weight excluding hydrogens is 404 g/mol. The van der Waals surface area contributed by atoms with Gasteiger partial charge in [0, 0.05) is 57.5 Å². The maximum atomic E-state index is 11.7. The first-order valence-electron chi connectivity index (χ1n) is 11.7. The Morgan fingerprint density at radius 1 is 1.13 bits per heavy atom. The summed E-state index contributed by atoms with van der Waals surface area (Å²) in [6.07, 6.45) is 4.40.